The van der Waals surface area contributed by atoms with E-state index in [0.717, 1.165) is 50.6 Å². The van der Waals surface area contributed by atoms with E-state index in [-0.39, 0.29) is 11.8 Å². The summed E-state index contributed by atoms with van der Waals surface area (Å²) in [7, 11) is 1.66. The summed E-state index contributed by atoms with van der Waals surface area (Å²) < 4.78 is 12.2. The Morgan fingerprint density at radius 1 is 1.50 bits per heavy atom. The van der Waals surface area contributed by atoms with Gasteiger partial charge in [-0.1, -0.05) is 35.7 Å². The van der Waals surface area contributed by atoms with Gasteiger partial charge in [-0.2, -0.15) is 5.26 Å². The highest BCUT2D eigenvalue weighted by Gasteiger charge is 2.34. The third-order valence-corrected chi connectivity index (χ3v) is 6.98. The van der Waals surface area contributed by atoms with Crippen molar-refractivity contribution in [2.24, 2.45) is 10.7 Å². The third kappa shape index (κ3) is 3.34. The molecule has 3 heterocycles. The molecule has 1 unspecified atom stereocenters. The van der Waals surface area contributed by atoms with E-state index < -0.39 is 0 Å². The molecule has 0 saturated heterocycles. The van der Waals surface area contributed by atoms with Crippen LogP contribution >= 0.6 is 23.5 Å². The van der Waals surface area contributed by atoms with Crippen LogP contribution in [-0.4, -0.2) is 34.0 Å². The molecular formula is C19H19N5O2S2. The van der Waals surface area contributed by atoms with Crippen LogP contribution in [0.25, 0.3) is 0 Å². The summed E-state index contributed by atoms with van der Waals surface area (Å²) in [5.41, 5.74) is 10.1. The Balaban J connectivity index is 1.74. The van der Waals surface area contributed by atoms with Gasteiger partial charge in [-0.15, -0.1) is 5.10 Å². The number of hydrogen-bond acceptors (Lipinski definition) is 8. The van der Waals surface area contributed by atoms with Gasteiger partial charge in [-0.3, -0.25) is 10.1 Å². The zero-order chi connectivity index (χ0) is 19.7. The molecule has 28 heavy (non-hydrogen) atoms. The minimum atomic E-state index is -0.333. The number of nitrogens with one attached hydrogen (secondary N) is 1. The number of hydrogen-bond donors (Lipinski definition) is 2. The van der Waals surface area contributed by atoms with E-state index in [1.807, 2.05) is 19.1 Å². The van der Waals surface area contributed by atoms with Crippen molar-refractivity contribution < 1.29 is 9.47 Å². The highest BCUT2D eigenvalue weighted by atomic mass is 32.2. The van der Waals surface area contributed by atoms with Gasteiger partial charge in [0, 0.05) is 28.3 Å². The number of aliphatic imine (C=N–C) groups is 1. The number of nitrogens with zero attached hydrogens (tertiary/aromatic N) is 3. The summed E-state index contributed by atoms with van der Waals surface area (Å²) in [4.78, 5) is 4.49. The molecule has 4 rings (SSSR count). The number of aryl methyl sites for hydroxylation is 1. The Morgan fingerprint density at radius 2 is 2.36 bits per heavy atom. The fraction of sp³-hybridized carbons (Fsp3) is 0.316. The lowest BCUT2D eigenvalue weighted by molar-refractivity contribution is 0.378. The second kappa shape index (κ2) is 7.81. The molecule has 0 amide bonds. The van der Waals surface area contributed by atoms with Crippen LogP contribution in [0.2, 0.25) is 0 Å². The number of allylic oxidation sites excluding steroid dienone is 1. The summed E-state index contributed by atoms with van der Waals surface area (Å²) in [5.74, 6) is 2.77. The number of aromatic amines is 1. The SMILES string of the molecule is COc1ccc(C2C(C#N)=C(N)Oc3n[nH]c(C)c32)cc1CSC1=NCCS1. The normalized spacial score (nSPS) is 18.3. The van der Waals surface area contributed by atoms with Crippen molar-refractivity contribution in [3.05, 3.63) is 52.0 Å². The number of methoxy groups -OCH3 is 1. The fourth-order valence-electron chi connectivity index (χ4n) is 3.37. The Morgan fingerprint density at radius 3 is 3.07 bits per heavy atom. The minimum absolute atomic E-state index is 0.0926. The average Bonchev–Trinajstić information content (AvgIpc) is 3.35. The van der Waals surface area contributed by atoms with Crippen LogP contribution < -0.4 is 15.2 Å². The molecule has 2 aliphatic heterocycles. The van der Waals surface area contributed by atoms with Crippen molar-refractivity contribution in [3.8, 4) is 17.7 Å². The maximum atomic E-state index is 9.72. The number of nitrogens with two attached hydrogens (primary N) is 1. The van der Waals surface area contributed by atoms with Crippen LogP contribution in [-0.2, 0) is 5.75 Å². The molecule has 7 nitrogen and oxygen atoms in total. The van der Waals surface area contributed by atoms with Gasteiger partial charge in [0.05, 0.1) is 19.6 Å². The summed E-state index contributed by atoms with van der Waals surface area (Å²) in [6.07, 6.45) is 0. The topological polar surface area (TPSA) is 109 Å². The van der Waals surface area contributed by atoms with Crippen LogP contribution in [0.4, 0.5) is 0 Å². The first-order chi connectivity index (χ1) is 13.6. The van der Waals surface area contributed by atoms with Crippen LogP contribution in [0.3, 0.4) is 0 Å². The standard InChI is InChI=1S/C19H19N5O2S2/c1-10-15-16(13(8-20)17(21)26-18(15)24-23-10)11-3-4-14(25-2)12(7-11)9-28-19-22-5-6-27-19/h3-4,7,16H,5-6,9,21H2,1-2H3,(H,23,24). The van der Waals surface area contributed by atoms with E-state index >= 15 is 0 Å². The lowest BCUT2D eigenvalue weighted by Crippen LogP contribution is -2.21. The van der Waals surface area contributed by atoms with E-state index in [2.05, 4.69) is 27.3 Å². The first kappa shape index (κ1) is 18.8. The predicted octanol–water partition coefficient (Wildman–Crippen LogP) is 3.28. The zero-order valence-electron chi connectivity index (χ0n) is 15.5. The molecule has 1 atom stereocenters. The number of rotatable bonds is 4. The van der Waals surface area contributed by atoms with Crippen LogP contribution in [0, 0.1) is 18.3 Å². The van der Waals surface area contributed by atoms with E-state index in [1.165, 1.54) is 0 Å². The van der Waals surface area contributed by atoms with Crippen LogP contribution in [0.5, 0.6) is 11.6 Å². The molecule has 144 valence electrons. The van der Waals surface area contributed by atoms with Gasteiger partial charge in [-0.25, -0.2) is 0 Å². The van der Waals surface area contributed by atoms with Gasteiger partial charge >= 0.3 is 0 Å². The van der Waals surface area contributed by atoms with Gasteiger partial charge < -0.3 is 15.2 Å². The molecule has 0 spiro atoms. The number of benzene rings is 1. The molecule has 1 aromatic carbocycles. The number of aromatic nitrogens is 2. The molecule has 3 N–H and O–H groups in total. The summed E-state index contributed by atoms with van der Waals surface area (Å²) >= 11 is 3.49. The first-order valence-electron chi connectivity index (χ1n) is 8.71. The highest BCUT2D eigenvalue weighted by Crippen LogP contribution is 2.43. The van der Waals surface area contributed by atoms with Crippen molar-refractivity contribution in [2.45, 2.75) is 18.6 Å². The van der Waals surface area contributed by atoms with Crippen molar-refractivity contribution in [3.63, 3.8) is 0 Å². The number of thioether (sulfide) groups is 2. The van der Waals surface area contributed by atoms with Gasteiger partial charge in [0.25, 0.3) is 0 Å². The molecule has 2 aliphatic rings. The van der Waals surface area contributed by atoms with Crippen molar-refractivity contribution in [2.75, 3.05) is 19.4 Å². The summed E-state index contributed by atoms with van der Waals surface area (Å²) in [6.45, 7) is 2.79. The minimum Gasteiger partial charge on any atom is -0.496 e. The van der Waals surface area contributed by atoms with Gasteiger partial charge in [0.1, 0.15) is 21.8 Å². The van der Waals surface area contributed by atoms with Gasteiger partial charge in [0.15, 0.2) is 0 Å². The maximum Gasteiger partial charge on any atom is 0.244 e. The predicted molar refractivity (Wildman–Crippen MR) is 112 cm³/mol. The Hall–Kier alpha value is -2.57. The summed E-state index contributed by atoms with van der Waals surface area (Å²) in [6, 6.07) is 8.19. The summed E-state index contributed by atoms with van der Waals surface area (Å²) in [5, 5.41) is 16.8. The largest absolute Gasteiger partial charge is 0.496 e. The second-order valence-corrected chi connectivity index (χ2v) is 8.65. The average molecular weight is 414 g/mol. The Kier molecular flexibility index (Phi) is 5.24. The number of nitriles is 1. The molecule has 2 aromatic rings. The van der Waals surface area contributed by atoms with E-state index in [0.29, 0.717) is 11.5 Å². The molecule has 0 radical (unpaired) electrons. The smallest absolute Gasteiger partial charge is 0.244 e. The highest BCUT2D eigenvalue weighted by molar-refractivity contribution is 8.38. The van der Waals surface area contributed by atoms with E-state index in [9.17, 15) is 5.26 Å². The van der Waals surface area contributed by atoms with E-state index in [4.69, 9.17) is 15.2 Å². The Labute approximate surface area is 171 Å². The molecule has 0 bridgehead atoms. The quantitative estimate of drug-likeness (QED) is 0.791. The fourth-order valence-corrected chi connectivity index (χ4v) is 5.35. The molecule has 1 aromatic heterocycles. The number of fused-ring (bicyclic) bond motifs is 1. The molecule has 0 fully saturated rings. The lowest BCUT2D eigenvalue weighted by atomic mass is 9.83. The van der Waals surface area contributed by atoms with Gasteiger partial charge in [0.2, 0.25) is 11.8 Å². The molecule has 0 saturated carbocycles. The number of ether oxygens (including phenoxy) is 2. The monoisotopic (exact) mass is 413 g/mol. The second-order valence-electron chi connectivity index (χ2n) is 6.35. The van der Waals surface area contributed by atoms with Crippen molar-refractivity contribution in [1.29, 1.82) is 5.26 Å². The number of H-pyrrole nitrogens is 1. The molecular weight excluding hydrogens is 394 g/mol. The van der Waals surface area contributed by atoms with E-state index in [1.54, 1.807) is 30.6 Å². The van der Waals surface area contributed by atoms with Crippen molar-refractivity contribution in [1.82, 2.24) is 10.2 Å². The van der Waals surface area contributed by atoms with Gasteiger partial charge in [-0.05, 0) is 18.6 Å². The maximum absolute atomic E-state index is 9.72. The van der Waals surface area contributed by atoms with Crippen LogP contribution in [0.1, 0.15) is 28.3 Å². The lowest BCUT2D eigenvalue weighted by Gasteiger charge is -2.24. The Bertz CT molecular complexity index is 1020. The molecule has 9 heteroatoms. The zero-order valence-corrected chi connectivity index (χ0v) is 17.1. The molecule has 0 aliphatic carbocycles. The van der Waals surface area contributed by atoms with Crippen LogP contribution in [0.15, 0.2) is 34.6 Å². The first-order valence-corrected chi connectivity index (χ1v) is 10.7. The van der Waals surface area contributed by atoms with Crippen molar-refractivity contribution >= 4 is 27.9 Å². The third-order valence-electron chi connectivity index (χ3n) is 4.68.